The van der Waals surface area contributed by atoms with E-state index in [0.29, 0.717) is 19.3 Å². The van der Waals surface area contributed by atoms with Crippen LogP contribution in [0.2, 0.25) is 0 Å². The molecule has 1 fully saturated rings. The smallest absolute Gasteiger partial charge is 0.303 e. The van der Waals surface area contributed by atoms with E-state index < -0.39 is 12.1 Å². The van der Waals surface area contributed by atoms with Crippen LogP contribution < -0.4 is 0 Å². The Hall–Kier alpha value is -0.940. The van der Waals surface area contributed by atoms with Gasteiger partial charge in [0, 0.05) is 18.8 Å². The third kappa shape index (κ3) is 8.82. The number of hydrogen-bond donors (Lipinski definition) is 3. The fourth-order valence-corrected chi connectivity index (χ4v) is 3.94. The number of carboxylic acid groups (broad SMARTS) is 1. The van der Waals surface area contributed by atoms with E-state index in [1.54, 1.807) is 0 Å². The highest BCUT2D eigenvalue weighted by Crippen LogP contribution is 2.36. The third-order valence-electron chi connectivity index (χ3n) is 5.46. The second kappa shape index (κ2) is 12.4. The van der Waals surface area contributed by atoms with E-state index in [-0.39, 0.29) is 36.6 Å². The van der Waals surface area contributed by atoms with Crippen molar-refractivity contribution in [3.05, 3.63) is 0 Å². The lowest BCUT2D eigenvalue weighted by atomic mass is 9.85. The summed E-state index contributed by atoms with van der Waals surface area (Å²) in [5.74, 6) is -0.708. The molecule has 0 aliphatic heterocycles. The van der Waals surface area contributed by atoms with Gasteiger partial charge < -0.3 is 15.3 Å². The highest BCUT2D eigenvalue weighted by molar-refractivity contribution is 5.84. The highest BCUT2D eigenvalue weighted by Gasteiger charge is 2.40. The zero-order valence-electron chi connectivity index (χ0n) is 15.7. The summed E-state index contributed by atoms with van der Waals surface area (Å²) in [6, 6.07) is 0. The molecule has 25 heavy (non-hydrogen) atoms. The minimum absolute atomic E-state index is 0.0210. The van der Waals surface area contributed by atoms with Crippen LogP contribution in [-0.2, 0) is 9.59 Å². The van der Waals surface area contributed by atoms with Gasteiger partial charge >= 0.3 is 5.97 Å². The minimum Gasteiger partial charge on any atom is -0.481 e. The molecule has 0 amide bonds. The predicted octanol–water partition coefficient (Wildman–Crippen LogP) is 3.70. The van der Waals surface area contributed by atoms with Crippen molar-refractivity contribution in [3.8, 4) is 0 Å². The van der Waals surface area contributed by atoms with E-state index in [4.69, 9.17) is 5.11 Å². The summed E-state index contributed by atoms with van der Waals surface area (Å²) in [5, 5.41) is 28.9. The molecule has 0 bridgehead atoms. The Labute approximate surface area is 151 Å². The van der Waals surface area contributed by atoms with Gasteiger partial charge in [-0.05, 0) is 38.0 Å². The molecule has 0 saturated heterocycles. The molecule has 4 atom stereocenters. The van der Waals surface area contributed by atoms with Gasteiger partial charge in [0.05, 0.1) is 12.2 Å². The molecule has 0 aromatic heterocycles. The molecule has 1 rings (SSSR count). The molecule has 5 nitrogen and oxygen atoms in total. The number of carbonyl (C=O) groups is 2. The molecule has 1 saturated carbocycles. The molecule has 0 spiro atoms. The molecule has 1 aliphatic carbocycles. The van der Waals surface area contributed by atoms with Crippen molar-refractivity contribution in [3.63, 3.8) is 0 Å². The lowest BCUT2D eigenvalue weighted by Gasteiger charge is -2.22. The monoisotopic (exact) mass is 356 g/mol. The number of aliphatic hydroxyl groups excluding tert-OH is 2. The number of aliphatic hydroxyl groups is 2. The lowest BCUT2D eigenvalue weighted by molar-refractivity contribution is -0.137. The van der Waals surface area contributed by atoms with E-state index in [2.05, 4.69) is 6.92 Å². The van der Waals surface area contributed by atoms with Crippen LogP contribution in [0.25, 0.3) is 0 Å². The standard InChI is InChI=1S/C20H36O5/c1-2-3-6-9-15(21)12-13-17-16(18(22)14-19(17)23)10-7-4-5-8-11-20(24)25/h15-17,19,21,23H,2-14H2,1H3,(H,24,25)/t15-,16-,17-,19+/m1/s1. The first-order chi connectivity index (χ1) is 12.0. The Balaban J connectivity index is 2.30. The molecule has 0 unspecified atom stereocenters. The molecular formula is C20H36O5. The average molecular weight is 357 g/mol. The van der Waals surface area contributed by atoms with Gasteiger partial charge in [-0.1, -0.05) is 45.4 Å². The van der Waals surface area contributed by atoms with Crippen molar-refractivity contribution in [2.24, 2.45) is 11.8 Å². The zero-order valence-corrected chi connectivity index (χ0v) is 15.7. The Morgan fingerprint density at radius 1 is 1.08 bits per heavy atom. The molecule has 3 N–H and O–H groups in total. The molecule has 146 valence electrons. The van der Waals surface area contributed by atoms with Crippen LogP contribution >= 0.6 is 0 Å². The van der Waals surface area contributed by atoms with Crippen molar-refractivity contribution >= 4 is 11.8 Å². The minimum atomic E-state index is -0.758. The number of unbranched alkanes of at least 4 members (excludes halogenated alkanes) is 5. The average Bonchev–Trinajstić information content (AvgIpc) is 2.82. The largest absolute Gasteiger partial charge is 0.481 e. The van der Waals surface area contributed by atoms with Gasteiger partial charge in [0.1, 0.15) is 5.78 Å². The fourth-order valence-electron chi connectivity index (χ4n) is 3.94. The van der Waals surface area contributed by atoms with E-state index in [9.17, 15) is 19.8 Å². The first-order valence-corrected chi connectivity index (χ1v) is 10.1. The van der Waals surface area contributed by atoms with E-state index in [1.807, 2.05) is 0 Å². The summed E-state index contributed by atoms with van der Waals surface area (Å²) in [5.41, 5.74) is 0. The quantitative estimate of drug-likeness (QED) is 0.413. The Kier molecular flexibility index (Phi) is 11.0. The highest BCUT2D eigenvalue weighted by atomic mass is 16.4. The van der Waals surface area contributed by atoms with Gasteiger partial charge in [-0.3, -0.25) is 9.59 Å². The van der Waals surface area contributed by atoms with Gasteiger partial charge in [-0.2, -0.15) is 0 Å². The van der Waals surface area contributed by atoms with Gasteiger partial charge in [0.2, 0.25) is 0 Å². The second-order valence-electron chi connectivity index (χ2n) is 7.58. The maximum atomic E-state index is 12.2. The number of ketones is 1. The predicted molar refractivity (Wildman–Crippen MR) is 97.3 cm³/mol. The van der Waals surface area contributed by atoms with Crippen LogP contribution in [-0.4, -0.2) is 39.3 Å². The first kappa shape index (κ1) is 22.1. The number of aliphatic carboxylic acids is 1. The SMILES string of the molecule is CCCCC[C@@H](O)CC[C@H]1[C@@H](O)CC(=O)[C@@H]1CCCCCCC(=O)O. The lowest BCUT2D eigenvalue weighted by Crippen LogP contribution is -2.22. The summed E-state index contributed by atoms with van der Waals surface area (Å²) in [6.07, 6.45) is 9.21. The Morgan fingerprint density at radius 3 is 2.48 bits per heavy atom. The van der Waals surface area contributed by atoms with Crippen LogP contribution in [0.3, 0.4) is 0 Å². The van der Waals surface area contributed by atoms with Gasteiger partial charge in [-0.15, -0.1) is 0 Å². The van der Waals surface area contributed by atoms with E-state index in [0.717, 1.165) is 51.4 Å². The Morgan fingerprint density at radius 2 is 1.80 bits per heavy atom. The van der Waals surface area contributed by atoms with Crippen molar-refractivity contribution < 1.29 is 24.9 Å². The number of Topliss-reactive ketones (excluding diaryl/α,β-unsaturated/α-hetero) is 1. The van der Waals surface area contributed by atoms with Crippen LogP contribution in [0.15, 0.2) is 0 Å². The van der Waals surface area contributed by atoms with Crippen molar-refractivity contribution in [1.29, 1.82) is 0 Å². The number of rotatable bonds is 14. The van der Waals surface area contributed by atoms with E-state index >= 15 is 0 Å². The molecule has 0 aromatic carbocycles. The number of carboxylic acids is 1. The maximum absolute atomic E-state index is 12.2. The molecule has 0 radical (unpaired) electrons. The fraction of sp³-hybridized carbons (Fsp3) is 0.900. The summed E-state index contributed by atoms with van der Waals surface area (Å²) in [4.78, 5) is 22.6. The van der Waals surface area contributed by atoms with Crippen LogP contribution in [0.1, 0.15) is 90.4 Å². The molecule has 1 aliphatic rings. The van der Waals surface area contributed by atoms with Crippen LogP contribution in [0, 0.1) is 11.8 Å². The summed E-state index contributed by atoms with van der Waals surface area (Å²) < 4.78 is 0. The summed E-state index contributed by atoms with van der Waals surface area (Å²) in [7, 11) is 0. The molecular weight excluding hydrogens is 320 g/mol. The topological polar surface area (TPSA) is 94.8 Å². The van der Waals surface area contributed by atoms with Crippen LogP contribution in [0.4, 0.5) is 0 Å². The van der Waals surface area contributed by atoms with Crippen molar-refractivity contribution in [2.45, 2.75) is 103 Å². The molecule has 5 heteroatoms. The van der Waals surface area contributed by atoms with Gasteiger partial charge in [-0.25, -0.2) is 0 Å². The third-order valence-corrected chi connectivity index (χ3v) is 5.46. The van der Waals surface area contributed by atoms with Crippen molar-refractivity contribution in [1.82, 2.24) is 0 Å². The normalized spacial score (nSPS) is 24.6. The summed E-state index contributed by atoms with van der Waals surface area (Å²) in [6.45, 7) is 2.14. The van der Waals surface area contributed by atoms with E-state index in [1.165, 1.54) is 0 Å². The van der Waals surface area contributed by atoms with Gasteiger partial charge in [0.15, 0.2) is 0 Å². The van der Waals surface area contributed by atoms with Crippen LogP contribution in [0.5, 0.6) is 0 Å². The molecule has 0 aromatic rings. The number of hydrogen-bond acceptors (Lipinski definition) is 4. The molecule has 0 heterocycles. The first-order valence-electron chi connectivity index (χ1n) is 10.1. The number of carbonyl (C=O) groups excluding carboxylic acids is 1. The summed E-state index contributed by atoms with van der Waals surface area (Å²) >= 11 is 0. The maximum Gasteiger partial charge on any atom is 0.303 e. The second-order valence-corrected chi connectivity index (χ2v) is 7.58. The van der Waals surface area contributed by atoms with Crippen molar-refractivity contribution in [2.75, 3.05) is 0 Å². The van der Waals surface area contributed by atoms with Gasteiger partial charge in [0.25, 0.3) is 0 Å². The zero-order chi connectivity index (χ0) is 18.7. The Bertz CT molecular complexity index is 396.